The first-order valence-corrected chi connectivity index (χ1v) is 7.92. The van der Waals surface area contributed by atoms with Crippen molar-refractivity contribution in [3.05, 3.63) is 51.4 Å². The lowest BCUT2D eigenvalue weighted by Gasteiger charge is -2.08. The molecule has 3 aromatic rings. The highest BCUT2D eigenvalue weighted by molar-refractivity contribution is 7.17. The second-order valence-electron chi connectivity index (χ2n) is 5.22. The molecule has 0 aliphatic rings. The van der Waals surface area contributed by atoms with E-state index in [-0.39, 0.29) is 5.56 Å². The molecule has 0 amide bonds. The first kappa shape index (κ1) is 14.5. The predicted molar refractivity (Wildman–Crippen MR) is 89.0 cm³/mol. The zero-order valence-corrected chi connectivity index (χ0v) is 13.3. The Morgan fingerprint density at radius 1 is 1.27 bits per heavy atom. The molecule has 0 radical (unpaired) electrons. The number of hydrogen-bond acceptors (Lipinski definition) is 4. The SMILES string of the molecule is Cc1ccc(-c2csc3nc(C)n(CCC#N)c(=O)c23)cc1. The second kappa shape index (κ2) is 5.74. The quantitative estimate of drug-likeness (QED) is 0.742. The molecule has 3 rings (SSSR count). The Balaban J connectivity index is 2.23. The molecule has 0 N–H and O–H groups in total. The van der Waals surface area contributed by atoms with E-state index in [0.717, 1.165) is 16.0 Å². The lowest BCUT2D eigenvalue weighted by atomic mass is 10.1. The van der Waals surface area contributed by atoms with Gasteiger partial charge in [0, 0.05) is 17.5 Å². The van der Waals surface area contributed by atoms with E-state index in [9.17, 15) is 4.79 Å². The summed E-state index contributed by atoms with van der Waals surface area (Å²) < 4.78 is 1.59. The fourth-order valence-electron chi connectivity index (χ4n) is 2.50. The van der Waals surface area contributed by atoms with Crippen LogP contribution in [0.3, 0.4) is 0 Å². The van der Waals surface area contributed by atoms with Gasteiger partial charge in [-0.25, -0.2) is 4.98 Å². The lowest BCUT2D eigenvalue weighted by molar-refractivity contribution is 0.653. The minimum atomic E-state index is -0.0606. The Kier molecular flexibility index (Phi) is 3.78. The number of hydrogen-bond donors (Lipinski definition) is 0. The van der Waals surface area contributed by atoms with Crippen LogP contribution in [0.25, 0.3) is 21.3 Å². The first-order chi connectivity index (χ1) is 10.6. The zero-order chi connectivity index (χ0) is 15.7. The molecule has 0 unspecified atom stereocenters. The van der Waals surface area contributed by atoms with Gasteiger partial charge in [-0.15, -0.1) is 11.3 Å². The van der Waals surface area contributed by atoms with E-state index >= 15 is 0 Å². The molecule has 0 saturated carbocycles. The van der Waals surface area contributed by atoms with Crippen molar-refractivity contribution < 1.29 is 0 Å². The predicted octanol–water partition coefficient (Wildman–Crippen LogP) is 3.66. The smallest absolute Gasteiger partial charge is 0.262 e. The van der Waals surface area contributed by atoms with Gasteiger partial charge in [0.05, 0.1) is 17.9 Å². The summed E-state index contributed by atoms with van der Waals surface area (Å²) in [6.45, 7) is 4.23. The van der Waals surface area contributed by atoms with Crippen LogP contribution in [0, 0.1) is 25.2 Å². The summed E-state index contributed by atoms with van der Waals surface area (Å²) in [5.41, 5.74) is 3.06. The van der Waals surface area contributed by atoms with Gasteiger partial charge in [0.1, 0.15) is 10.7 Å². The van der Waals surface area contributed by atoms with Gasteiger partial charge in [-0.1, -0.05) is 29.8 Å². The number of aromatic nitrogens is 2. The van der Waals surface area contributed by atoms with Gasteiger partial charge in [-0.05, 0) is 19.4 Å². The molecular weight excluding hydrogens is 294 g/mol. The third-order valence-electron chi connectivity index (χ3n) is 3.69. The molecule has 0 fully saturated rings. The third kappa shape index (κ3) is 2.42. The minimum Gasteiger partial charge on any atom is -0.295 e. The largest absolute Gasteiger partial charge is 0.295 e. The molecule has 0 bridgehead atoms. The molecule has 1 aromatic carbocycles. The summed E-state index contributed by atoms with van der Waals surface area (Å²) in [7, 11) is 0. The summed E-state index contributed by atoms with van der Waals surface area (Å²) in [5.74, 6) is 0.657. The number of fused-ring (bicyclic) bond motifs is 1. The topological polar surface area (TPSA) is 58.7 Å². The molecule has 0 aliphatic carbocycles. The Hall–Kier alpha value is -2.45. The average molecular weight is 309 g/mol. The van der Waals surface area contributed by atoms with Crippen molar-refractivity contribution >= 4 is 21.6 Å². The molecule has 0 spiro atoms. The fourth-order valence-corrected chi connectivity index (χ4v) is 3.48. The van der Waals surface area contributed by atoms with Crippen molar-refractivity contribution in [2.45, 2.75) is 26.8 Å². The standard InChI is InChI=1S/C17H15N3OS/c1-11-4-6-13(7-5-11)14-10-22-16-15(14)17(21)20(9-3-8-18)12(2)19-16/h4-7,10H,3,9H2,1-2H3. The Morgan fingerprint density at radius 3 is 2.68 bits per heavy atom. The van der Waals surface area contributed by atoms with Crippen LogP contribution in [-0.2, 0) is 6.54 Å². The Morgan fingerprint density at radius 2 is 2.00 bits per heavy atom. The van der Waals surface area contributed by atoms with E-state index in [4.69, 9.17) is 5.26 Å². The highest BCUT2D eigenvalue weighted by Crippen LogP contribution is 2.31. The van der Waals surface area contributed by atoms with Crippen molar-refractivity contribution in [1.82, 2.24) is 9.55 Å². The average Bonchev–Trinajstić information content (AvgIpc) is 2.92. The number of nitriles is 1. The van der Waals surface area contributed by atoms with Crippen molar-refractivity contribution in [3.63, 3.8) is 0 Å². The molecule has 0 aliphatic heterocycles. The Bertz CT molecular complexity index is 929. The van der Waals surface area contributed by atoms with E-state index in [1.807, 2.05) is 43.5 Å². The lowest BCUT2D eigenvalue weighted by Crippen LogP contribution is -2.23. The van der Waals surface area contributed by atoms with Crippen molar-refractivity contribution in [3.8, 4) is 17.2 Å². The van der Waals surface area contributed by atoms with Gasteiger partial charge in [-0.2, -0.15) is 5.26 Å². The van der Waals surface area contributed by atoms with Crippen molar-refractivity contribution in [2.24, 2.45) is 0 Å². The molecule has 2 heterocycles. The van der Waals surface area contributed by atoms with Crippen LogP contribution in [0.15, 0.2) is 34.4 Å². The highest BCUT2D eigenvalue weighted by atomic mass is 32.1. The summed E-state index contributed by atoms with van der Waals surface area (Å²) >= 11 is 1.48. The van der Waals surface area contributed by atoms with Crippen LogP contribution in [0.4, 0.5) is 0 Å². The summed E-state index contributed by atoms with van der Waals surface area (Å²) in [5, 5.41) is 11.4. The van der Waals surface area contributed by atoms with Crippen LogP contribution in [0.1, 0.15) is 17.8 Å². The maximum absolute atomic E-state index is 12.8. The number of benzene rings is 1. The van der Waals surface area contributed by atoms with Crippen molar-refractivity contribution in [2.75, 3.05) is 0 Å². The monoisotopic (exact) mass is 309 g/mol. The molecule has 0 saturated heterocycles. The van der Waals surface area contributed by atoms with E-state index in [2.05, 4.69) is 11.1 Å². The van der Waals surface area contributed by atoms with E-state index in [0.29, 0.717) is 24.2 Å². The maximum atomic E-state index is 12.8. The van der Waals surface area contributed by atoms with Gasteiger partial charge < -0.3 is 0 Å². The van der Waals surface area contributed by atoms with Gasteiger partial charge >= 0.3 is 0 Å². The van der Waals surface area contributed by atoms with Gasteiger partial charge in [0.15, 0.2) is 0 Å². The number of aryl methyl sites for hydroxylation is 2. The molecule has 4 nitrogen and oxygen atoms in total. The van der Waals surface area contributed by atoms with Crippen molar-refractivity contribution in [1.29, 1.82) is 5.26 Å². The highest BCUT2D eigenvalue weighted by Gasteiger charge is 2.15. The van der Waals surface area contributed by atoms with Crippen LogP contribution in [-0.4, -0.2) is 9.55 Å². The number of rotatable bonds is 3. The number of thiophene rings is 1. The molecule has 5 heteroatoms. The van der Waals surface area contributed by atoms with Crippen LogP contribution >= 0.6 is 11.3 Å². The van der Waals surface area contributed by atoms with E-state index < -0.39 is 0 Å². The molecule has 2 aromatic heterocycles. The zero-order valence-electron chi connectivity index (χ0n) is 12.5. The molecule has 110 valence electrons. The van der Waals surface area contributed by atoms with E-state index in [1.54, 1.807) is 4.57 Å². The molecule has 22 heavy (non-hydrogen) atoms. The normalized spacial score (nSPS) is 10.8. The first-order valence-electron chi connectivity index (χ1n) is 7.04. The van der Waals surface area contributed by atoms with Gasteiger partial charge in [0.2, 0.25) is 0 Å². The number of nitrogens with zero attached hydrogens (tertiary/aromatic N) is 3. The molecular formula is C17H15N3OS. The Labute approximate surface area is 132 Å². The second-order valence-corrected chi connectivity index (χ2v) is 6.08. The van der Waals surface area contributed by atoms with Gasteiger partial charge in [-0.3, -0.25) is 9.36 Å². The fraction of sp³-hybridized carbons (Fsp3) is 0.235. The maximum Gasteiger partial charge on any atom is 0.262 e. The molecule has 0 atom stereocenters. The van der Waals surface area contributed by atoms with Crippen LogP contribution in [0.5, 0.6) is 0 Å². The van der Waals surface area contributed by atoms with Crippen LogP contribution in [0.2, 0.25) is 0 Å². The summed E-state index contributed by atoms with van der Waals surface area (Å²) in [6.07, 6.45) is 0.304. The van der Waals surface area contributed by atoms with Gasteiger partial charge in [0.25, 0.3) is 5.56 Å². The summed E-state index contributed by atoms with van der Waals surface area (Å²) in [6, 6.07) is 10.2. The van der Waals surface area contributed by atoms with E-state index in [1.165, 1.54) is 16.9 Å². The van der Waals surface area contributed by atoms with Crippen LogP contribution < -0.4 is 5.56 Å². The third-order valence-corrected chi connectivity index (χ3v) is 4.57. The summed E-state index contributed by atoms with van der Waals surface area (Å²) in [4.78, 5) is 18.1. The minimum absolute atomic E-state index is 0.0606.